The first-order valence-electron chi connectivity index (χ1n) is 4.87. The lowest BCUT2D eigenvalue weighted by atomic mass is 10.0. The topological polar surface area (TPSA) is 17.1 Å². The molecule has 0 unspecified atom stereocenters. The normalized spacial score (nSPS) is 27.7. The molecule has 1 nitrogen and oxygen atoms in total. The number of carbonyl (C=O) groups excluding carboxylic acids is 1. The van der Waals surface area contributed by atoms with Crippen molar-refractivity contribution in [1.82, 2.24) is 0 Å². The molecule has 1 rings (SSSR count). The van der Waals surface area contributed by atoms with Crippen LogP contribution in [0.3, 0.4) is 0 Å². The zero-order valence-corrected chi connectivity index (χ0v) is 8.15. The molecule has 0 atom stereocenters. The molecule has 1 aliphatic carbocycles. The van der Waals surface area contributed by atoms with E-state index in [4.69, 9.17) is 0 Å². The van der Waals surface area contributed by atoms with E-state index < -0.39 is 0 Å². The minimum absolute atomic E-state index is 0.456. The van der Waals surface area contributed by atoms with E-state index in [0.717, 1.165) is 38.5 Å². The maximum absolute atomic E-state index is 11.2. The van der Waals surface area contributed by atoms with Gasteiger partial charge in [-0.2, -0.15) is 0 Å². The second-order valence-corrected chi connectivity index (χ2v) is 3.81. The molecule has 0 N–H and O–H groups in total. The van der Waals surface area contributed by atoms with Gasteiger partial charge in [0.2, 0.25) is 0 Å². The summed E-state index contributed by atoms with van der Waals surface area (Å²) in [6.07, 6.45) is 5.95. The molecule has 68 valence electrons. The molecule has 0 saturated carbocycles. The van der Waals surface area contributed by atoms with Crippen molar-refractivity contribution in [3.8, 4) is 0 Å². The van der Waals surface area contributed by atoms with Crippen molar-refractivity contribution in [3.05, 3.63) is 11.1 Å². The van der Waals surface area contributed by atoms with Crippen molar-refractivity contribution in [2.45, 2.75) is 52.4 Å². The summed E-state index contributed by atoms with van der Waals surface area (Å²) in [6.45, 7) is 4.40. The van der Waals surface area contributed by atoms with E-state index in [1.807, 2.05) is 0 Å². The van der Waals surface area contributed by atoms with Gasteiger partial charge >= 0.3 is 0 Å². The van der Waals surface area contributed by atoms with Crippen LogP contribution in [-0.4, -0.2) is 5.78 Å². The highest BCUT2D eigenvalue weighted by molar-refractivity contribution is 5.78. The van der Waals surface area contributed by atoms with E-state index >= 15 is 0 Å². The van der Waals surface area contributed by atoms with Crippen LogP contribution in [0.1, 0.15) is 52.4 Å². The van der Waals surface area contributed by atoms with Crippen molar-refractivity contribution in [2.75, 3.05) is 0 Å². The Morgan fingerprint density at radius 3 is 1.67 bits per heavy atom. The lowest BCUT2D eigenvalue weighted by molar-refractivity contribution is -0.119. The van der Waals surface area contributed by atoms with Gasteiger partial charge in [0.05, 0.1) is 0 Å². The van der Waals surface area contributed by atoms with Gasteiger partial charge in [0.25, 0.3) is 0 Å². The third-order valence-corrected chi connectivity index (χ3v) is 2.74. The third-order valence-electron chi connectivity index (χ3n) is 2.74. The summed E-state index contributed by atoms with van der Waals surface area (Å²) in [7, 11) is 0. The number of rotatable bonds is 0. The highest BCUT2D eigenvalue weighted by atomic mass is 16.1. The van der Waals surface area contributed by atoms with Crippen LogP contribution in [0.2, 0.25) is 0 Å². The van der Waals surface area contributed by atoms with E-state index in [-0.39, 0.29) is 0 Å². The van der Waals surface area contributed by atoms with Gasteiger partial charge in [0, 0.05) is 12.8 Å². The highest BCUT2D eigenvalue weighted by Gasteiger charge is 2.06. The van der Waals surface area contributed by atoms with Crippen LogP contribution in [0, 0.1) is 0 Å². The summed E-state index contributed by atoms with van der Waals surface area (Å²) < 4.78 is 0. The Labute approximate surface area is 74.9 Å². The first kappa shape index (κ1) is 9.50. The molecule has 12 heavy (non-hydrogen) atoms. The minimum Gasteiger partial charge on any atom is -0.300 e. The van der Waals surface area contributed by atoms with Gasteiger partial charge in [-0.25, -0.2) is 0 Å². The van der Waals surface area contributed by atoms with Gasteiger partial charge in [0.1, 0.15) is 5.78 Å². The molecule has 0 saturated heterocycles. The molecule has 0 aromatic rings. The highest BCUT2D eigenvalue weighted by Crippen LogP contribution is 2.20. The number of hydrogen-bond donors (Lipinski definition) is 0. The molecule has 0 amide bonds. The van der Waals surface area contributed by atoms with Gasteiger partial charge < -0.3 is 0 Å². The van der Waals surface area contributed by atoms with Gasteiger partial charge in [-0.1, -0.05) is 11.1 Å². The molecular weight excluding hydrogens is 148 g/mol. The van der Waals surface area contributed by atoms with Gasteiger partial charge in [-0.05, 0) is 39.5 Å². The van der Waals surface area contributed by atoms with Crippen LogP contribution in [0.4, 0.5) is 0 Å². The Morgan fingerprint density at radius 1 is 0.833 bits per heavy atom. The summed E-state index contributed by atoms with van der Waals surface area (Å²) in [5.41, 5.74) is 3.01. The molecule has 0 aromatic heterocycles. The van der Waals surface area contributed by atoms with Crippen molar-refractivity contribution < 1.29 is 4.79 Å². The van der Waals surface area contributed by atoms with E-state index in [1.54, 1.807) is 0 Å². The zero-order valence-electron chi connectivity index (χ0n) is 8.15. The average Bonchev–Trinajstić information content (AvgIpc) is 2.08. The number of Topliss-reactive ketones (excluding diaryl/α,β-unsaturated/α-hetero) is 1. The fourth-order valence-corrected chi connectivity index (χ4v) is 1.65. The van der Waals surface area contributed by atoms with Gasteiger partial charge in [-0.15, -0.1) is 0 Å². The standard InChI is InChI=1S/C11H18O/c1-9-5-3-7-11(12)8-4-6-10(9)2/h3-8H2,1-2H3/b10-9+. The summed E-state index contributed by atoms with van der Waals surface area (Å²) >= 11 is 0. The van der Waals surface area contributed by atoms with Gasteiger partial charge in [0.15, 0.2) is 0 Å². The van der Waals surface area contributed by atoms with Crippen molar-refractivity contribution in [3.63, 3.8) is 0 Å². The molecule has 0 radical (unpaired) electrons. The smallest absolute Gasteiger partial charge is 0.132 e. The molecule has 1 heteroatoms. The Hall–Kier alpha value is -0.590. The van der Waals surface area contributed by atoms with Crippen molar-refractivity contribution in [1.29, 1.82) is 0 Å². The number of carbonyl (C=O) groups is 1. The number of ketones is 1. The predicted molar refractivity (Wildman–Crippen MR) is 51.1 cm³/mol. The molecule has 0 bridgehead atoms. The maximum Gasteiger partial charge on any atom is 0.132 e. The zero-order chi connectivity index (χ0) is 8.97. The summed E-state index contributed by atoms with van der Waals surface area (Å²) in [5, 5.41) is 0. The fraction of sp³-hybridized carbons (Fsp3) is 0.727. The average molecular weight is 166 g/mol. The Kier molecular flexibility index (Phi) is 3.51. The SMILES string of the molecule is C/C1=C(/C)CCCC(=O)CCC1. The summed E-state index contributed by atoms with van der Waals surface area (Å²) in [5.74, 6) is 0.456. The third kappa shape index (κ3) is 2.80. The molecule has 0 aromatic carbocycles. The largest absolute Gasteiger partial charge is 0.300 e. The molecular formula is C11H18O. The minimum atomic E-state index is 0.456. The van der Waals surface area contributed by atoms with Crippen LogP contribution in [-0.2, 0) is 4.79 Å². The Balaban J connectivity index is 2.55. The quantitative estimate of drug-likeness (QED) is 0.505. The van der Waals surface area contributed by atoms with Crippen LogP contribution in [0.15, 0.2) is 11.1 Å². The van der Waals surface area contributed by atoms with Crippen molar-refractivity contribution in [2.24, 2.45) is 0 Å². The second kappa shape index (κ2) is 4.44. The molecule has 0 aliphatic heterocycles. The number of hydrogen-bond acceptors (Lipinski definition) is 1. The molecule has 1 aliphatic rings. The molecule has 0 heterocycles. The monoisotopic (exact) mass is 166 g/mol. The van der Waals surface area contributed by atoms with Crippen LogP contribution >= 0.6 is 0 Å². The summed E-state index contributed by atoms with van der Waals surface area (Å²) in [6, 6.07) is 0. The van der Waals surface area contributed by atoms with E-state index in [0.29, 0.717) is 5.78 Å². The molecule has 0 fully saturated rings. The van der Waals surface area contributed by atoms with E-state index in [2.05, 4.69) is 13.8 Å². The second-order valence-electron chi connectivity index (χ2n) is 3.81. The Bertz CT molecular complexity index is 181. The van der Waals surface area contributed by atoms with Gasteiger partial charge in [-0.3, -0.25) is 4.79 Å². The van der Waals surface area contributed by atoms with E-state index in [9.17, 15) is 4.79 Å². The van der Waals surface area contributed by atoms with E-state index in [1.165, 1.54) is 11.1 Å². The maximum atomic E-state index is 11.2. The first-order chi connectivity index (χ1) is 5.70. The Morgan fingerprint density at radius 2 is 1.25 bits per heavy atom. The molecule has 0 spiro atoms. The lowest BCUT2D eigenvalue weighted by Crippen LogP contribution is -1.95. The lowest BCUT2D eigenvalue weighted by Gasteiger charge is -2.03. The van der Waals surface area contributed by atoms with Crippen LogP contribution < -0.4 is 0 Å². The fourth-order valence-electron chi connectivity index (χ4n) is 1.65. The summed E-state index contributed by atoms with van der Waals surface area (Å²) in [4.78, 5) is 11.2. The van der Waals surface area contributed by atoms with Crippen LogP contribution in [0.5, 0.6) is 0 Å². The predicted octanol–water partition coefficient (Wildman–Crippen LogP) is 3.25. The van der Waals surface area contributed by atoms with Crippen LogP contribution in [0.25, 0.3) is 0 Å². The van der Waals surface area contributed by atoms with Crippen molar-refractivity contribution >= 4 is 5.78 Å². The first-order valence-corrected chi connectivity index (χ1v) is 4.87. The number of allylic oxidation sites excluding steroid dienone is 2.